The maximum absolute atomic E-state index is 3.69. The molecule has 3 rings (SSSR count). The molecule has 2 unspecified atom stereocenters. The van der Waals surface area contributed by atoms with Crippen LogP contribution in [0.4, 0.5) is 0 Å². The fraction of sp³-hybridized carbons (Fsp3) is 0.625. The minimum absolute atomic E-state index is 0.547. The second kappa shape index (κ2) is 5.41. The summed E-state index contributed by atoms with van der Waals surface area (Å²) in [7, 11) is 0. The summed E-state index contributed by atoms with van der Waals surface area (Å²) in [5.74, 6) is 0.934. The zero-order chi connectivity index (χ0) is 12.4. The largest absolute Gasteiger partial charge is 0.309 e. The Balaban J connectivity index is 1.67. The highest BCUT2D eigenvalue weighted by Crippen LogP contribution is 2.26. The first kappa shape index (κ1) is 12.2. The molecule has 0 amide bonds. The lowest BCUT2D eigenvalue weighted by atomic mass is 9.94. The summed E-state index contributed by atoms with van der Waals surface area (Å²) in [6.45, 7) is 7.23. The first-order chi connectivity index (χ1) is 8.86. The van der Waals surface area contributed by atoms with E-state index in [2.05, 4.69) is 41.4 Å². The quantitative estimate of drug-likeness (QED) is 0.879. The third-order valence-electron chi connectivity index (χ3n) is 4.60. The van der Waals surface area contributed by atoms with E-state index >= 15 is 0 Å². The van der Waals surface area contributed by atoms with Gasteiger partial charge in [0, 0.05) is 19.1 Å². The Bertz CT molecular complexity index is 402. The van der Waals surface area contributed by atoms with E-state index in [-0.39, 0.29) is 0 Å². The molecule has 2 aliphatic rings. The molecule has 0 aliphatic carbocycles. The molecule has 2 aliphatic heterocycles. The van der Waals surface area contributed by atoms with Crippen LogP contribution in [0, 0.1) is 5.92 Å². The van der Waals surface area contributed by atoms with Crippen molar-refractivity contribution in [3.63, 3.8) is 0 Å². The number of rotatable bonds is 3. The number of hydrogen-bond acceptors (Lipinski definition) is 2. The second-order valence-electron chi connectivity index (χ2n) is 5.78. The minimum atomic E-state index is 0.547. The van der Waals surface area contributed by atoms with Crippen molar-refractivity contribution in [3.05, 3.63) is 35.4 Å². The molecule has 1 N–H and O–H groups in total. The summed E-state index contributed by atoms with van der Waals surface area (Å²) >= 11 is 0. The molecule has 0 bridgehead atoms. The summed E-state index contributed by atoms with van der Waals surface area (Å²) < 4.78 is 0. The predicted molar refractivity (Wildman–Crippen MR) is 75.7 cm³/mol. The lowest BCUT2D eigenvalue weighted by Gasteiger charge is -2.30. The van der Waals surface area contributed by atoms with Crippen LogP contribution in [-0.4, -0.2) is 31.1 Å². The lowest BCUT2D eigenvalue weighted by Crippen LogP contribution is -2.38. The third-order valence-corrected chi connectivity index (χ3v) is 4.60. The van der Waals surface area contributed by atoms with Gasteiger partial charge in [-0.05, 0) is 43.0 Å². The maximum atomic E-state index is 3.69. The van der Waals surface area contributed by atoms with Gasteiger partial charge >= 0.3 is 0 Å². The van der Waals surface area contributed by atoms with Gasteiger partial charge < -0.3 is 10.2 Å². The fourth-order valence-electron chi connectivity index (χ4n) is 3.43. The first-order valence-corrected chi connectivity index (χ1v) is 7.40. The van der Waals surface area contributed by atoms with E-state index in [1.54, 1.807) is 5.56 Å². The summed E-state index contributed by atoms with van der Waals surface area (Å²) in [5.41, 5.74) is 3.08. The Morgan fingerprint density at radius 1 is 1.33 bits per heavy atom. The predicted octanol–water partition coefficient (Wildman–Crippen LogP) is 2.61. The van der Waals surface area contributed by atoms with Gasteiger partial charge in [-0.1, -0.05) is 37.6 Å². The highest BCUT2D eigenvalue weighted by molar-refractivity contribution is 5.32. The highest BCUT2D eigenvalue weighted by atomic mass is 15.2. The van der Waals surface area contributed by atoms with Gasteiger partial charge in [0.2, 0.25) is 0 Å². The van der Waals surface area contributed by atoms with Crippen LogP contribution < -0.4 is 5.32 Å². The van der Waals surface area contributed by atoms with Crippen LogP contribution in [0.2, 0.25) is 0 Å². The molecule has 1 aromatic carbocycles. The van der Waals surface area contributed by atoms with Gasteiger partial charge in [-0.15, -0.1) is 0 Å². The molecule has 18 heavy (non-hydrogen) atoms. The number of nitrogens with one attached hydrogen (secondary N) is 1. The topological polar surface area (TPSA) is 15.3 Å². The average Bonchev–Trinajstić information content (AvgIpc) is 2.87. The van der Waals surface area contributed by atoms with E-state index < -0.39 is 0 Å². The van der Waals surface area contributed by atoms with Gasteiger partial charge in [0.05, 0.1) is 0 Å². The standard InChI is InChI=1S/C16H24N2/c1-2-13-8-10-18(11-13)12-16-15-6-4-3-5-14(15)7-9-17-16/h3-6,13,16-17H,2,7-12H2,1H3. The molecule has 1 saturated heterocycles. The monoisotopic (exact) mass is 244 g/mol. The molecule has 0 aromatic heterocycles. The molecule has 0 spiro atoms. The van der Waals surface area contributed by atoms with Gasteiger partial charge in [-0.2, -0.15) is 0 Å². The fourth-order valence-corrected chi connectivity index (χ4v) is 3.43. The summed E-state index contributed by atoms with van der Waals surface area (Å²) in [4.78, 5) is 2.65. The zero-order valence-electron chi connectivity index (χ0n) is 11.4. The second-order valence-corrected chi connectivity index (χ2v) is 5.78. The van der Waals surface area contributed by atoms with Crippen molar-refractivity contribution in [2.45, 2.75) is 32.2 Å². The van der Waals surface area contributed by atoms with E-state index in [0.717, 1.165) is 12.5 Å². The Kier molecular flexibility index (Phi) is 3.67. The third kappa shape index (κ3) is 2.45. The summed E-state index contributed by atoms with van der Waals surface area (Å²) in [6.07, 6.45) is 3.92. The van der Waals surface area contributed by atoms with Crippen molar-refractivity contribution in [3.8, 4) is 0 Å². The number of likely N-dealkylation sites (tertiary alicyclic amines) is 1. The van der Waals surface area contributed by atoms with Crippen molar-refractivity contribution in [2.75, 3.05) is 26.2 Å². The Morgan fingerprint density at radius 2 is 2.22 bits per heavy atom. The van der Waals surface area contributed by atoms with Crippen LogP contribution in [0.25, 0.3) is 0 Å². The number of nitrogens with zero attached hydrogens (tertiary/aromatic N) is 1. The SMILES string of the molecule is CCC1CCN(CC2NCCc3ccccc32)C1. The van der Waals surface area contributed by atoms with Gasteiger partial charge in [-0.25, -0.2) is 0 Å². The number of hydrogen-bond donors (Lipinski definition) is 1. The Morgan fingerprint density at radius 3 is 3.06 bits per heavy atom. The lowest BCUT2D eigenvalue weighted by molar-refractivity contribution is 0.277. The normalized spacial score (nSPS) is 28.3. The van der Waals surface area contributed by atoms with Crippen LogP contribution in [0.15, 0.2) is 24.3 Å². The van der Waals surface area contributed by atoms with Crippen molar-refractivity contribution < 1.29 is 0 Å². The molecule has 2 atom stereocenters. The average molecular weight is 244 g/mol. The number of benzene rings is 1. The molecule has 2 nitrogen and oxygen atoms in total. The molecular weight excluding hydrogens is 220 g/mol. The highest BCUT2D eigenvalue weighted by Gasteiger charge is 2.26. The molecule has 1 fully saturated rings. The van der Waals surface area contributed by atoms with Crippen LogP contribution in [-0.2, 0) is 6.42 Å². The summed E-state index contributed by atoms with van der Waals surface area (Å²) in [6, 6.07) is 9.49. The first-order valence-electron chi connectivity index (χ1n) is 7.40. The minimum Gasteiger partial charge on any atom is -0.309 e. The maximum Gasteiger partial charge on any atom is 0.0452 e. The summed E-state index contributed by atoms with van der Waals surface area (Å²) in [5, 5.41) is 3.69. The van der Waals surface area contributed by atoms with E-state index in [1.807, 2.05) is 0 Å². The van der Waals surface area contributed by atoms with Crippen molar-refractivity contribution >= 4 is 0 Å². The van der Waals surface area contributed by atoms with Crippen molar-refractivity contribution in [2.24, 2.45) is 5.92 Å². The molecule has 2 heterocycles. The van der Waals surface area contributed by atoms with E-state index in [0.29, 0.717) is 6.04 Å². The van der Waals surface area contributed by atoms with Crippen LogP contribution in [0.3, 0.4) is 0 Å². The van der Waals surface area contributed by atoms with E-state index in [1.165, 1.54) is 44.5 Å². The van der Waals surface area contributed by atoms with Crippen LogP contribution in [0.1, 0.15) is 36.9 Å². The van der Waals surface area contributed by atoms with Crippen LogP contribution in [0.5, 0.6) is 0 Å². The van der Waals surface area contributed by atoms with Crippen LogP contribution >= 0.6 is 0 Å². The molecule has 0 saturated carbocycles. The molecule has 1 aromatic rings. The smallest absolute Gasteiger partial charge is 0.0452 e. The molecule has 2 heteroatoms. The van der Waals surface area contributed by atoms with Crippen molar-refractivity contribution in [1.29, 1.82) is 0 Å². The molecule has 0 radical (unpaired) electrons. The zero-order valence-corrected chi connectivity index (χ0v) is 11.4. The number of fused-ring (bicyclic) bond motifs is 1. The Labute approximate surface area is 110 Å². The Hall–Kier alpha value is -0.860. The van der Waals surface area contributed by atoms with Gasteiger partial charge in [-0.3, -0.25) is 0 Å². The molecular formula is C16H24N2. The molecule has 98 valence electrons. The van der Waals surface area contributed by atoms with Gasteiger partial charge in [0.25, 0.3) is 0 Å². The van der Waals surface area contributed by atoms with E-state index in [9.17, 15) is 0 Å². The van der Waals surface area contributed by atoms with Gasteiger partial charge in [0.15, 0.2) is 0 Å². The van der Waals surface area contributed by atoms with Crippen molar-refractivity contribution in [1.82, 2.24) is 10.2 Å². The van der Waals surface area contributed by atoms with Gasteiger partial charge in [0.1, 0.15) is 0 Å². The van der Waals surface area contributed by atoms with E-state index in [4.69, 9.17) is 0 Å².